The molecule has 1 aliphatic rings. The lowest BCUT2D eigenvalue weighted by atomic mass is 10.0. The van der Waals surface area contributed by atoms with E-state index in [0.29, 0.717) is 11.3 Å². The van der Waals surface area contributed by atoms with E-state index in [1.54, 1.807) is 13.0 Å². The number of benzene rings is 1. The van der Waals surface area contributed by atoms with Crippen LogP contribution in [0.25, 0.3) is 0 Å². The Morgan fingerprint density at radius 2 is 2.29 bits per heavy atom. The van der Waals surface area contributed by atoms with Gasteiger partial charge in [-0.3, -0.25) is 0 Å². The van der Waals surface area contributed by atoms with Crippen molar-refractivity contribution in [2.75, 3.05) is 0 Å². The van der Waals surface area contributed by atoms with E-state index in [1.165, 1.54) is 12.1 Å². The maximum Gasteiger partial charge on any atom is 0.126 e. The smallest absolute Gasteiger partial charge is 0.126 e. The lowest BCUT2D eigenvalue weighted by Crippen LogP contribution is -2.17. The van der Waals surface area contributed by atoms with Gasteiger partial charge in [-0.05, 0) is 50.5 Å². The molecule has 1 N–H and O–H groups in total. The average molecular weight is 236 g/mol. The van der Waals surface area contributed by atoms with Crippen molar-refractivity contribution in [2.24, 2.45) is 0 Å². The quantitative estimate of drug-likeness (QED) is 0.815. The molecule has 17 heavy (non-hydrogen) atoms. The van der Waals surface area contributed by atoms with Crippen LogP contribution in [-0.4, -0.2) is 11.2 Å². The summed E-state index contributed by atoms with van der Waals surface area (Å²) in [5.41, 5.74) is 0.504. The monoisotopic (exact) mass is 236 g/mol. The Kier molecular flexibility index (Phi) is 3.79. The van der Waals surface area contributed by atoms with Crippen LogP contribution in [0.5, 0.6) is 5.75 Å². The average Bonchev–Trinajstić information content (AvgIpc) is 2.32. The molecule has 0 heterocycles. The lowest BCUT2D eigenvalue weighted by Gasteiger charge is -2.21. The molecule has 92 valence electrons. The summed E-state index contributed by atoms with van der Waals surface area (Å²) in [6, 6.07) is 4.26. The van der Waals surface area contributed by atoms with Gasteiger partial charge in [-0.25, -0.2) is 4.39 Å². The maximum absolute atomic E-state index is 13.1. The van der Waals surface area contributed by atoms with Crippen LogP contribution in [0.15, 0.2) is 30.4 Å². The first-order valence-corrected chi connectivity index (χ1v) is 5.97. The summed E-state index contributed by atoms with van der Waals surface area (Å²) in [6.45, 7) is 1.61. The van der Waals surface area contributed by atoms with E-state index in [0.717, 1.165) is 19.3 Å². The summed E-state index contributed by atoms with van der Waals surface area (Å²) in [7, 11) is 0. The Morgan fingerprint density at radius 1 is 1.47 bits per heavy atom. The summed E-state index contributed by atoms with van der Waals surface area (Å²) in [4.78, 5) is 0. The molecule has 1 aromatic carbocycles. The number of hydrogen-bond acceptors (Lipinski definition) is 2. The van der Waals surface area contributed by atoms with Gasteiger partial charge in [0.15, 0.2) is 0 Å². The minimum Gasteiger partial charge on any atom is -0.486 e. The van der Waals surface area contributed by atoms with Gasteiger partial charge < -0.3 is 9.84 Å². The Hall–Kier alpha value is -1.35. The van der Waals surface area contributed by atoms with E-state index in [4.69, 9.17) is 4.74 Å². The minimum atomic E-state index is -0.728. The van der Waals surface area contributed by atoms with Gasteiger partial charge in [-0.1, -0.05) is 6.08 Å². The highest BCUT2D eigenvalue weighted by atomic mass is 19.1. The zero-order valence-corrected chi connectivity index (χ0v) is 9.90. The molecule has 0 radical (unpaired) electrons. The van der Waals surface area contributed by atoms with Crippen LogP contribution in [0.3, 0.4) is 0 Å². The predicted octanol–water partition coefficient (Wildman–Crippen LogP) is 3.37. The zero-order valence-electron chi connectivity index (χ0n) is 9.90. The van der Waals surface area contributed by atoms with Crippen molar-refractivity contribution < 1.29 is 14.2 Å². The molecular formula is C14H17FO2. The van der Waals surface area contributed by atoms with E-state index >= 15 is 0 Å². The summed E-state index contributed by atoms with van der Waals surface area (Å²) in [5, 5.41) is 9.59. The highest BCUT2D eigenvalue weighted by molar-refractivity contribution is 5.36. The summed E-state index contributed by atoms with van der Waals surface area (Å²) in [5.74, 6) is 0.213. The van der Waals surface area contributed by atoms with Gasteiger partial charge in [0, 0.05) is 5.56 Å². The number of rotatable bonds is 3. The first kappa shape index (κ1) is 12.1. The Labute approximate surface area is 101 Å². The number of halogens is 1. The van der Waals surface area contributed by atoms with Gasteiger partial charge in [0.25, 0.3) is 0 Å². The highest BCUT2D eigenvalue weighted by Gasteiger charge is 2.15. The van der Waals surface area contributed by atoms with E-state index in [1.807, 2.05) is 6.08 Å². The fourth-order valence-corrected chi connectivity index (χ4v) is 2.00. The van der Waals surface area contributed by atoms with Gasteiger partial charge in [-0.2, -0.15) is 0 Å². The maximum atomic E-state index is 13.1. The normalized spacial score (nSPS) is 21.2. The Bertz CT molecular complexity index is 413. The molecule has 1 aromatic rings. The van der Waals surface area contributed by atoms with Crippen LogP contribution in [0, 0.1) is 5.82 Å². The third-order valence-electron chi connectivity index (χ3n) is 2.91. The molecule has 0 spiro atoms. The molecule has 0 aliphatic heterocycles. The number of allylic oxidation sites excluding steroid dienone is 1. The number of hydrogen-bond donors (Lipinski definition) is 1. The van der Waals surface area contributed by atoms with Crippen LogP contribution in [0.1, 0.15) is 37.9 Å². The van der Waals surface area contributed by atoms with Crippen molar-refractivity contribution in [3.05, 3.63) is 41.7 Å². The van der Waals surface area contributed by atoms with Gasteiger partial charge >= 0.3 is 0 Å². The topological polar surface area (TPSA) is 29.5 Å². The molecular weight excluding hydrogens is 219 g/mol. The van der Waals surface area contributed by atoms with Crippen LogP contribution in [0.2, 0.25) is 0 Å². The molecule has 0 amide bonds. The second-order valence-electron chi connectivity index (χ2n) is 4.37. The van der Waals surface area contributed by atoms with Gasteiger partial charge in [0.2, 0.25) is 0 Å². The van der Waals surface area contributed by atoms with Crippen LogP contribution in [0.4, 0.5) is 4.39 Å². The summed E-state index contributed by atoms with van der Waals surface area (Å²) < 4.78 is 18.9. The van der Waals surface area contributed by atoms with Gasteiger partial charge in [0.1, 0.15) is 17.7 Å². The third kappa shape index (κ3) is 3.07. The highest BCUT2D eigenvalue weighted by Crippen LogP contribution is 2.28. The van der Waals surface area contributed by atoms with Crippen LogP contribution < -0.4 is 4.74 Å². The van der Waals surface area contributed by atoms with E-state index in [2.05, 4.69) is 6.08 Å². The molecule has 1 unspecified atom stereocenters. The fraction of sp³-hybridized carbons (Fsp3) is 0.429. The number of ether oxygens (including phenoxy) is 1. The molecule has 1 aliphatic carbocycles. The SMILES string of the molecule is C[C@H](O)c1cc(F)ccc1OC1C=CCCC1. The molecule has 0 saturated carbocycles. The molecule has 0 aromatic heterocycles. The van der Waals surface area contributed by atoms with Crippen molar-refractivity contribution in [1.29, 1.82) is 0 Å². The first-order valence-electron chi connectivity index (χ1n) is 5.97. The van der Waals surface area contributed by atoms with E-state index in [-0.39, 0.29) is 11.9 Å². The molecule has 2 atom stereocenters. The van der Waals surface area contributed by atoms with Gasteiger partial charge in [0.05, 0.1) is 6.10 Å². The molecule has 2 nitrogen and oxygen atoms in total. The lowest BCUT2D eigenvalue weighted by molar-refractivity contribution is 0.180. The first-order chi connectivity index (χ1) is 8.16. The molecule has 0 fully saturated rings. The molecule has 3 heteroatoms. The number of aliphatic hydroxyl groups is 1. The van der Waals surface area contributed by atoms with Crippen molar-refractivity contribution in [3.8, 4) is 5.75 Å². The van der Waals surface area contributed by atoms with Crippen molar-refractivity contribution in [1.82, 2.24) is 0 Å². The third-order valence-corrected chi connectivity index (χ3v) is 2.91. The minimum absolute atomic E-state index is 0.0340. The molecule has 0 bridgehead atoms. The van der Waals surface area contributed by atoms with Crippen molar-refractivity contribution >= 4 is 0 Å². The zero-order chi connectivity index (χ0) is 12.3. The van der Waals surface area contributed by atoms with Crippen molar-refractivity contribution in [3.63, 3.8) is 0 Å². The Balaban J connectivity index is 2.19. The van der Waals surface area contributed by atoms with Crippen LogP contribution in [-0.2, 0) is 0 Å². The second kappa shape index (κ2) is 5.32. The van der Waals surface area contributed by atoms with Crippen molar-refractivity contribution in [2.45, 2.75) is 38.4 Å². The predicted molar refractivity (Wildman–Crippen MR) is 64.4 cm³/mol. The largest absolute Gasteiger partial charge is 0.486 e. The van der Waals surface area contributed by atoms with E-state index in [9.17, 15) is 9.50 Å². The Morgan fingerprint density at radius 3 is 2.94 bits per heavy atom. The van der Waals surface area contributed by atoms with E-state index < -0.39 is 6.10 Å². The molecule has 2 rings (SSSR count). The number of aliphatic hydroxyl groups excluding tert-OH is 1. The summed E-state index contributed by atoms with van der Waals surface area (Å²) in [6.07, 6.45) is 6.59. The van der Waals surface area contributed by atoms with Gasteiger partial charge in [-0.15, -0.1) is 0 Å². The fourth-order valence-electron chi connectivity index (χ4n) is 2.00. The standard InChI is InChI=1S/C14H17FO2/c1-10(16)13-9-11(15)7-8-14(13)17-12-5-3-2-4-6-12/h3,5,7-10,12,16H,2,4,6H2,1H3/t10-,12?/m0/s1. The second-order valence-corrected chi connectivity index (χ2v) is 4.37. The molecule has 0 saturated heterocycles. The summed E-state index contributed by atoms with van der Waals surface area (Å²) >= 11 is 0. The van der Waals surface area contributed by atoms with Crippen LogP contribution >= 0.6 is 0 Å².